The van der Waals surface area contributed by atoms with Gasteiger partial charge in [0.05, 0.1) is 26.0 Å². The highest BCUT2D eigenvalue weighted by Gasteiger charge is 2.31. The standard InChI is InChI=1S/C23H24N2O3/c1-27-18-12-10-17(11-13-18)20-7-2-3-8-21(20)24-23(26)22-9-4-14-25(22)16-19-6-5-15-28-19/h2-3,5-8,10-13,15,22H,4,9,14,16H2,1H3,(H,24,26)/t22-/m0/s1. The van der Waals surface area contributed by atoms with Crippen LogP contribution in [0.5, 0.6) is 5.75 Å². The van der Waals surface area contributed by atoms with Crippen LogP contribution in [0.15, 0.2) is 71.3 Å². The molecule has 1 aliphatic heterocycles. The summed E-state index contributed by atoms with van der Waals surface area (Å²) in [4.78, 5) is 15.2. The second-order valence-electron chi connectivity index (χ2n) is 6.97. The molecule has 5 heteroatoms. The highest BCUT2D eigenvalue weighted by Crippen LogP contribution is 2.30. The van der Waals surface area contributed by atoms with Gasteiger partial charge in [0.25, 0.3) is 0 Å². The Kier molecular flexibility index (Phi) is 5.44. The lowest BCUT2D eigenvalue weighted by molar-refractivity contribution is -0.120. The molecule has 3 aromatic rings. The molecule has 1 fully saturated rings. The smallest absolute Gasteiger partial charge is 0.241 e. The van der Waals surface area contributed by atoms with Gasteiger partial charge in [0.2, 0.25) is 5.91 Å². The molecule has 0 aliphatic carbocycles. The van der Waals surface area contributed by atoms with E-state index >= 15 is 0 Å². The van der Waals surface area contributed by atoms with E-state index in [-0.39, 0.29) is 11.9 Å². The third-order valence-corrected chi connectivity index (χ3v) is 5.19. The van der Waals surface area contributed by atoms with Crippen molar-refractivity contribution < 1.29 is 13.9 Å². The van der Waals surface area contributed by atoms with Crippen molar-refractivity contribution in [3.05, 3.63) is 72.7 Å². The topological polar surface area (TPSA) is 54.7 Å². The maximum atomic E-state index is 13.0. The number of para-hydroxylation sites is 1. The van der Waals surface area contributed by atoms with Gasteiger partial charge in [-0.1, -0.05) is 30.3 Å². The van der Waals surface area contributed by atoms with Crippen molar-refractivity contribution in [3.63, 3.8) is 0 Å². The van der Waals surface area contributed by atoms with E-state index in [0.717, 1.165) is 47.7 Å². The number of ether oxygens (including phenoxy) is 1. The summed E-state index contributed by atoms with van der Waals surface area (Å²) in [5.74, 6) is 1.73. The van der Waals surface area contributed by atoms with E-state index in [1.807, 2.05) is 60.7 Å². The summed E-state index contributed by atoms with van der Waals surface area (Å²) < 4.78 is 10.7. The van der Waals surface area contributed by atoms with Crippen molar-refractivity contribution in [1.29, 1.82) is 0 Å². The fourth-order valence-corrected chi connectivity index (χ4v) is 3.75. The van der Waals surface area contributed by atoms with Gasteiger partial charge in [-0.15, -0.1) is 0 Å². The van der Waals surface area contributed by atoms with Crippen molar-refractivity contribution in [2.75, 3.05) is 19.0 Å². The Bertz CT molecular complexity index is 919. The first-order chi connectivity index (χ1) is 13.7. The molecule has 5 nitrogen and oxygen atoms in total. The molecule has 0 unspecified atom stereocenters. The Labute approximate surface area is 164 Å². The van der Waals surface area contributed by atoms with Gasteiger partial charge < -0.3 is 14.5 Å². The largest absolute Gasteiger partial charge is 0.497 e. The number of hydrogen-bond donors (Lipinski definition) is 1. The fraction of sp³-hybridized carbons (Fsp3) is 0.261. The van der Waals surface area contributed by atoms with Crippen molar-refractivity contribution >= 4 is 11.6 Å². The average Bonchev–Trinajstić information content (AvgIpc) is 3.41. The molecule has 0 saturated carbocycles. The zero-order valence-electron chi connectivity index (χ0n) is 15.9. The van der Waals surface area contributed by atoms with Gasteiger partial charge in [-0.2, -0.15) is 0 Å². The third kappa shape index (κ3) is 3.94. The van der Waals surface area contributed by atoms with Crippen molar-refractivity contribution in [1.82, 2.24) is 4.90 Å². The van der Waals surface area contributed by atoms with Crippen LogP contribution in [0.4, 0.5) is 5.69 Å². The van der Waals surface area contributed by atoms with Crippen LogP contribution in [-0.2, 0) is 11.3 Å². The van der Waals surface area contributed by atoms with Gasteiger partial charge in [0.1, 0.15) is 11.5 Å². The number of furan rings is 1. The van der Waals surface area contributed by atoms with Gasteiger partial charge in [0, 0.05) is 11.3 Å². The first kappa shape index (κ1) is 18.3. The molecule has 0 bridgehead atoms. The predicted octanol–water partition coefficient (Wildman–Crippen LogP) is 4.56. The summed E-state index contributed by atoms with van der Waals surface area (Å²) >= 11 is 0. The predicted molar refractivity (Wildman–Crippen MR) is 109 cm³/mol. The highest BCUT2D eigenvalue weighted by atomic mass is 16.5. The average molecular weight is 376 g/mol. The minimum Gasteiger partial charge on any atom is -0.497 e. The number of benzene rings is 2. The second-order valence-corrected chi connectivity index (χ2v) is 6.97. The SMILES string of the molecule is COc1ccc(-c2ccccc2NC(=O)[C@@H]2CCCN2Cc2ccco2)cc1. The minimum absolute atomic E-state index is 0.0324. The van der Waals surface area contributed by atoms with Crippen LogP contribution in [-0.4, -0.2) is 30.5 Å². The zero-order valence-corrected chi connectivity index (χ0v) is 15.9. The van der Waals surface area contributed by atoms with Crippen molar-refractivity contribution in [2.45, 2.75) is 25.4 Å². The molecule has 1 N–H and O–H groups in total. The molecular formula is C23H24N2O3. The van der Waals surface area contributed by atoms with Crippen LogP contribution in [0, 0.1) is 0 Å². The molecule has 1 aliphatic rings. The number of rotatable bonds is 6. The Morgan fingerprint density at radius 3 is 2.71 bits per heavy atom. The highest BCUT2D eigenvalue weighted by molar-refractivity contribution is 5.98. The number of carbonyl (C=O) groups is 1. The maximum absolute atomic E-state index is 13.0. The quantitative estimate of drug-likeness (QED) is 0.685. The van der Waals surface area contributed by atoms with E-state index in [2.05, 4.69) is 10.2 Å². The fourth-order valence-electron chi connectivity index (χ4n) is 3.75. The Balaban J connectivity index is 1.51. The number of nitrogens with zero attached hydrogens (tertiary/aromatic N) is 1. The van der Waals surface area contributed by atoms with Gasteiger partial charge in [-0.05, 0) is 55.3 Å². The number of nitrogens with one attached hydrogen (secondary N) is 1. The van der Waals surface area contributed by atoms with Crippen molar-refractivity contribution in [2.24, 2.45) is 0 Å². The Morgan fingerprint density at radius 1 is 1.14 bits per heavy atom. The lowest BCUT2D eigenvalue weighted by atomic mass is 10.0. The summed E-state index contributed by atoms with van der Waals surface area (Å²) in [5, 5.41) is 3.15. The van der Waals surface area contributed by atoms with Crippen LogP contribution >= 0.6 is 0 Å². The number of anilines is 1. The summed E-state index contributed by atoms with van der Waals surface area (Å²) in [5.41, 5.74) is 2.85. The molecule has 28 heavy (non-hydrogen) atoms. The summed E-state index contributed by atoms with van der Waals surface area (Å²) in [7, 11) is 1.65. The van der Waals surface area contributed by atoms with E-state index < -0.39 is 0 Å². The molecule has 2 heterocycles. The molecule has 1 amide bonds. The van der Waals surface area contributed by atoms with E-state index in [1.54, 1.807) is 13.4 Å². The molecule has 0 radical (unpaired) electrons. The molecule has 4 rings (SSSR count). The number of hydrogen-bond acceptors (Lipinski definition) is 4. The van der Waals surface area contributed by atoms with E-state index in [9.17, 15) is 4.79 Å². The van der Waals surface area contributed by atoms with E-state index in [0.29, 0.717) is 6.54 Å². The lowest BCUT2D eigenvalue weighted by Crippen LogP contribution is -2.39. The molecule has 0 spiro atoms. The van der Waals surface area contributed by atoms with Crippen LogP contribution in [0.1, 0.15) is 18.6 Å². The molecule has 1 aromatic heterocycles. The third-order valence-electron chi connectivity index (χ3n) is 5.19. The molecular weight excluding hydrogens is 352 g/mol. The number of amides is 1. The van der Waals surface area contributed by atoms with Crippen LogP contribution in [0.3, 0.4) is 0 Å². The normalized spacial score (nSPS) is 16.8. The van der Waals surface area contributed by atoms with Crippen LogP contribution < -0.4 is 10.1 Å². The van der Waals surface area contributed by atoms with E-state index in [1.165, 1.54) is 0 Å². The Hall–Kier alpha value is -3.05. The lowest BCUT2D eigenvalue weighted by Gasteiger charge is -2.23. The van der Waals surface area contributed by atoms with E-state index in [4.69, 9.17) is 9.15 Å². The summed E-state index contributed by atoms with van der Waals surface area (Å²) in [6.07, 6.45) is 3.54. The second kappa shape index (κ2) is 8.31. The first-order valence-corrected chi connectivity index (χ1v) is 9.55. The van der Waals surface area contributed by atoms with Gasteiger partial charge >= 0.3 is 0 Å². The number of methoxy groups -OCH3 is 1. The maximum Gasteiger partial charge on any atom is 0.241 e. The number of carbonyl (C=O) groups excluding carboxylic acids is 1. The number of likely N-dealkylation sites (tertiary alicyclic amines) is 1. The van der Waals surface area contributed by atoms with Crippen molar-refractivity contribution in [3.8, 4) is 16.9 Å². The zero-order chi connectivity index (χ0) is 19.3. The molecule has 1 atom stereocenters. The van der Waals surface area contributed by atoms with Gasteiger partial charge in [-0.3, -0.25) is 9.69 Å². The molecule has 1 saturated heterocycles. The van der Waals surface area contributed by atoms with Gasteiger partial charge in [0.15, 0.2) is 0 Å². The van der Waals surface area contributed by atoms with Gasteiger partial charge in [-0.25, -0.2) is 0 Å². The molecule has 2 aromatic carbocycles. The Morgan fingerprint density at radius 2 is 1.96 bits per heavy atom. The summed E-state index contributed by atoms with van der Waals surface area (Å²) in [6.45, 7) is 1.56. The molecule has 144 valence electrons. The van der Waals surface area contributed by atoms with Crippen LogP contribution in [0.25, 0.3) is 11.1 Å². The van der Waals surface area contributed by atoms with Crippen LogP contribution in [0.2, 0.25) is 0 Å². The summed E-state index contributed by atoms with van der Waals surface area (Å²) in [6, 6.07) is 19.4. The monoisotopic (exact) mass is 376 g/mol. The first-order valence-electron chi connectivity index (χ1n) is 9.55. The minimum atomic E-state index is -0.144.